The molecule has 0 saturated carbocycles. The van der Waals surface area contributed by atoms with Crippen molar-refractivity contribution in [2.75, 3.05) is 0 Å². The number of aromatic amines is 2. The second-order valence-corrected chi connectivity index (χ2v) is 26.0. The van der Waals surface area contributed by atoms with Crippen LogP contribution in [-0.2, 0) is 0 Å². The number of thiophene rings is 4. The third-order valence-electron chi connectivity index (χ3n) is 17.6. The van der Waals surface area contributed by atoms with Gasteiger partial charge in [0.15, 0.2) is 0 Å². The van der Waals surface area contributed by atoms with Crippen molar-refractivity contribution in [3.63, 3.8) is 0 Å². The molecule has 0 amide bonds. The van der Waals surface area contributed by atoms with E-state index in [1.54, 1.807) is 45.3 Å². The third-order valence-corrected chi connectivity index (χ3v) is 20.3. The van der Waals surface area contributed by atoms with Crippen LogP contribution in [0.2, 0.25) is 0 Å². The number of H-pyrrole nitrogens is 2. The van der Waals surface area contributed by atoms with E-state index in [0.29, 0.717) is 0 Å². The van der Waals surface area contributed by atoms with Gasteiger partial charge < -0.3 is 9.97 Å². The highest BCUT2D eigenvalue weighted by atomic mass is 32.1. The van der Waals surface area contributed by atoms with Gasteiger partial charge in [0.05, 0.1) is 44.9 Å². The van der Waals surface area contributed by atoms with Crippen LogP contribution in [0.4, 0.5) is 0 Å². The first-order valence-corrected chi connectivity index (χ1v) is 34.5. The minimum Gasteiger partial charge on any atom is -0.353 e. The van der Waals surface area contributed by atoms with Crippen LogP contribution in [0.15, 0.2) is 331 Å². The Balaban J connectivity index is 1.22. The van der Waals surface area contributed by atoms with E-state index < -0.39 is 0 Å². The molecule has 4 nitrogen and oxygen atoms in total. The number of fused-ring (bicyclic) bond motifs is 10. The van der Waals surface area contributed by atoms with Gasteiger partial charge in [-0.2, -0.15) is 45.3 Å². The lowest BCUT2D eigenvalue weighted by molar-refractivity contribution is 1.25. The lowest BCUT2D eigenvalue weighted by atomic mass is 9.84. The monoisotopic (exact) mass is 1250 g/mol. The van der Waals surface area contributed by atoms with Crippen LogP contribution < -0.4 is 10.7 Å². The molecule has 0 radical (unpaired) electrons. The Kier molecular flexibility index (Phi) is 14.3. The van der Waals surface area contributed by atoms with Crippen molar-refractivity contribution < 1.29 is 0 Å². The second kappa shape index (κ2) is 23.8. The molecule has 0 atom stereocenters. The Morgan fingerprint density at radius 3 is 0.728 bits per heavy atom. The molecule has 0 spiro atoms. The first-order chi connectivity index (χ1) is 45.7. The minimum atomic E-state index is 0.858. The van der Waals surface area contributed by atoms with Crippen molar-refractivity contribution in [1.29, 1.82) is 0 Å². The van der Waals surface area contributed by atoms with Gasteiger partial charge in [-0.1, -0.05) is 243 Å². The number of hydrogen-bond acceptors (Lipinski definition) is 6. The van der Waals surface area contributed by atoms with Crippen LogP contribution in [0.1, 0.15) is 55.9 Å². The molecule has 8 heteroatoms. The maximum absolute atomic E-state index is 6.44. The molecule has 3 aliphatic rings. The van der Waals surface area contributed by atoms with Crippen LogP contribution in [0.25, 0.3) is 89.1 Å². The highest BCUT2D eigenvalue weighted by Crippen LogP contribution is 2.54. The normalized spacial score (nSPS) is 14.0. The number of benzene rings is 8. The molecule has 8 bridgehead atoms. The summed E-state index contributed by atoms with van der Waals surface area (Å²) in [5.74, 6) is 0. The zero-order valence-electron chi connectivity index (χ0n) is 49.5. The van der Waals surface area contributed by atoms with Crippen molar-refractivity contribution in [2.45, 2.75) is 0 Å². The van der Waals surface area contributed by atoms with Crippen LogP contribution >= 0.6 is 45.3 Å². The van der Waals surface area contributed by atoms with Gasteiger partial charge in [0.25, 0.3) is 0 Å². The zero-order chi connectivity index (χ0) is 60.9. The van der Waals surface area contributed by atoms with Gasteiger partial charge in [-0.25, -0.2) is 9.98 Å². The summed E-state index contributed by atoms with van der Waals surface area (Å²) in [6.45, 7) is 0. The Labute approximate surface area is 549 Å². The molecule has 0 fully saturated rings. The smallest absolute Gasteiger partial charge is 0.0822 e. The number of hydrogen-bond donors (Lipinski definition) is 2. The van der Waals surface area contributed by atoms with E-state index in [9.17, 15) is 0 Å². The maximum Gasteiger partial charge on any atom is 0.0822 e. The SMILES string of the molecule is c1ccc(C2=C(c3ccccc3)C3=C(c4ccsc4)c4[nH]c(c(-c5ccccc5)c4-c4ccccc4)C(c4ccsc4)=C4N=C(C(c5ccccc5)=C4c4ccccc4)C(c4ccsc4)=c4[nH]c(c(-c5ccccc5)c4-c4ccccc4)=C(c4ccsc4)C2=N3)cc1. The van der Waals surface area contributed by atoms with Crippen LogP contribution in [-0.4, -0.2) is 21.4 Å². The van der Waals surface area contributed by atoms with Crippen molar-refractivity contribution in [2.24, 2.45) is 9.98 Å². The average molecular weight is 1250 g/mol. The van der Waals surface area contributed by atoms with Crippen LogP contribution in [0, 0.1) is 0 Å². The van der Waals surface area contributed by atoms with E-state index in [1.807, 2.05) is 0 Å². The van der Waals surface area contributed by atoms with E-state index in [2.05, 4.69) is 320 Å². The van der Waals surface area contributed by atoms with Gasteiger partial charge in [-0.05, 0) is 134 Å². The molecule has 2 N–H and O–H groups in total. The lowest BCUT2D eigenvalue weighted by Gasteiger charge is -2.16. The van der Waals surface area contributed by atoms with E-state index in [0.717, 1.165) is 179 Å². The molecule has 8 aromatic carbocycles. The van der Waals surface area contributed by atoms with E-state index >= 15 is 0 Å². The molecule has 8 heterocycles. The first kappa shape index (κ1) is 55.2. The number of aliphatic imine (C=N–C) groups is 2. The summed E-state index contributed by atoms with van der Waals surface area (Å²) in [6, 6.07) is 96.9. The Morgan fingerprint density at radius 1 is 0.207 bits per heavy atom. The number of rotatable bonds is 12. The third kappa shape index (κ3) is 9.54. The molecule has 0 saturated heterocycles. The van der Waals surface area contributed by atoms with Gasteiger partial charge in [0, 0.05) is 66.8 Å². The minimum absolute atomic E-state index is 0.858. The summed E-state index contributed by atoms with van der Waals surface area (Å²) >= 11 is 6.79. The largest absolute Gasteiger partial charge is 0.353 e. The zero-order valence-corrected chi connectivity index (χ0v) is 52.8. The molecule has 14 aromatic rings. The summed E-state index contributed by atoms with van der Waals surface area (Å²) in [6.07, 6.45) is 0. The number of nitrogens with one attached hydrogen (secondary N) is 2. The maximum atomic E-state index is 6.44. The van der Waals surface area contributed by atoms with E-state index in [-0.39, 0.29) is 0 Å². The van der Waals surface area contributed by atoms with Crippen molar-refractivity contribution >= 4 is 101 Å². The standard InChI is InChI=1S/C84H54N4S4/c1-9-25-53(26-10-1)65-66(54-27-11-2-12-28-54)78-74(62-42-46-90-50-62)80-69(57-33-17-5-18-34-57)70(58-35-19-6-20-36-58)82(87-80)76(64-44-48-92-52-64)84-72(60-39-23-8-24-40-60)71(59-37-21-7-22-38-59)83(88-84)75(63-43-47-91-51-63)81-68(56-31-15-4-16-32-56)67(55-29-13-3-14-30-55)79(86-81)73(77(65)85-78)61-41-45-89-49-61/h1-52,85,88H. The van der Waals surface area contributed by atoms with Gasteiger partial charge in [0.2, 0.25) is 0 Å². The van der Waals surface area contributed by atoms with Gasteiger partial charge >= 0.3 is 0 Å². The van der Waals surface area contributed by atoms with Crippen molar-refractivity contribution in [1.82, 2.24) is 9.97 Å². The highest BCUT2D eigenvalue weighted by Gasteiger charge is 2.39. The van der Waals surface area contributed by atoms with Crippen LogP contribution in [0.5, 0.6) is 0 Å². The highest BCUT2D eigenvalue weighted by molar-refractivity contribution is 7.09. The fraction of sp³-hybridized carbons (Fsp3) is 0. The molecule has 1 aliphatic carbocycles. The molecule has 0 unspecified atom stereocenters. The van der Waals surface area contributed by atoms with Crippen molar-refractivity contribution in [3.05, 3.63) is 388 Å². The molecular formula is C84H54N4S4. The fourth-order valence-electron chi connectivity index (χ4n) is 13.7. The summed E-state index contributed by atoms with van der Waals surface area (Å²) in [5.41, 5.74) is 30.3. The lowest BCUT2D eigenvalue weighted by Crippen LogP contribution is -2.23. The molecule has 2 aliphatic heterocycles. The Bertz CT molecular complexity index is 5050. The number of aromatic nitrogens is 2. The average Bonchev–Trinajstić information content (AvgIpc) is 1.56. The van der Waals surface area contributed by atoms with E-state index in [1.165, 1.54) is 0 Å². The Morgan fingerprint density at radius 2 is 0.457 bits per heavy atom. The molecule has 6 aromatic heterocycles. The number of nitrogens with zero attached hydrogens (tertiary/aromatic N) is 2. The quantitative estimate of drug-likeness (QED) is 0.122. The summed E-state index contributed by atoms with van der Waals surface area (Å²) in [4.78, 5) is 21.8. The second-order valence-electron chi connectivity index (χ2n) is 22.8. The first-order valence-electron chi connectivity index (χ1n) is 30.7. The van der Waals surface area contributed by atoms with Crippen molar-refractivity contribution in [3.8, 4) is 44.5 Å². The Hall–Kier alpha value is -10.8. The fourth-order valence-corrected chi connectivity index (χ4v) is 16.3. The summed E-state index contributed by atoms with van der Waals surface area (Å²) in [5, 5.41) is 19.9. The molecular weight excluding hydrogens is 1190 g/mol. The van der Waals surface area contributed by atoms with Crippen LogP contribution in [0.3, 0.4) is 0 Å². The van der Waals surface area contributed by atoms with Gasteiger partial charge in [0.1, 0.15) is 0 Å². The van der Waals surface area contributed by atoms with E-state index in [4.69, 9.17) is 9.98 Å². The van der Waals surface area contributed by atoms with Gasteiger partial charge in [-0.3, -0.25) is 0 Å². The molecule has 17 rings (SSSR count). The predicted molar refractivity (Wildman–Crippen MR) is 391 cm³/mol. The number of allylic oxidation sites excluding steroid dienone is 4. The molecule has 434 valence electrons. The summed E-state index contributed by atoms with van der Waals surface area (Å²) in [7, 11) is 0. The van der Waals surface area contributed by atoms with Gasteiger partial charge in [-0.15, -0.1) is 0 Å². The summed E-state index contributed by atoms with van der Waals surface area (Å²) < 4.78 is 0. The molecule has 92 heavy (non-hydrogen) atoms. The predicted octanol–water partition coefficient (Wildman–Crippen LogP) is 21.0. The topological polar surface area (TPSA) is 56.3 Å².